The van der Waals surface area contributed by atoms with Crippen LogP contribution in [-0.4, -0.2) is 16.6 Å². The molecule has 0 aliphatic heterocycles. The highest BCUT2D eigenvalue weighted by molar-refractivity contribution is 5.91. The molecule has 178 valence electrons. The molecule has 0 saturated heterocycles. The van der Waals surface area contributed by atoms with E-state index in [0.717, 1.165) is 51.6 Å². The first-order valence-corrected chi connectivity index (χ1v) is 11.4. The van der Waals surface area contributed by atoms with Gasteiger partial charge in [0.05, 0.1) is 18.2 Å². The number of carbonyl (C=O) groups is 1. The van der Waals surface area contributed by atoms with Crippen molar-refractivity contribution in [3.05, 3.63) is 89.2 Å². The molecule has 35 heavy (non-hydrogen) atoms. The molecule has 1 heterocycles. The Bertz CT molecular complexity index is 1420. The lowest BCUT2D eigenvalue weighted by atomic mass is 9.98. The maximum absolute atomic E-state index is 11.2. The molecule has 1 aromatic heterocycles. The highest BCUT2D eigenvalue weighted by Crippen LogP contribution is 2.33. The van der Waals surface area contributed by atoms with Crippen LogP contribution in [0.15, 0.2) is 71.3 Å². The molecule has 0 atom stereocenters. The van der Waals surface area contributed by atoms with Crippen LogP contribution < -0.4 is 10.5 Å². The quantitative estimate of drug-likeness (QED) is 0.381. The van der Waals surface area contributed by atoms with Gasteiger partial charge in [0, 0.05) is 29.0 Å². The van der Waals surface area contributed by atoms with Gasteiger partial charge in [-0.25, -0.2) is 0 Å². The molecule has 0 radical (unpaired) electrons. The summed E-state index contributed by atoms with van der Waals surface area (Å²) in [5.41, 5.74) is 12.1. The Morgan fingerprint density at radius 1 is 1.06 bits per heavy atom. The van der Waals surface area contributed by atoms with E-state index in [0.29, 0.717) is 23.8 Å². The van der Waals surface area contributed by atoms with E-state index in [1.54, 1.807) is 18.4 Å². The minimum absolute atomic E-state index is 0. The summed E-state index contributed by atoms with van der Waals surface area (Å²) in [6.07, 6.45) is 3.92. The normalized spacial score (nSPS) is 12.5. The number of hydrogen-bond donors (Lipinski definition) is 2. The summed E-state index contributed by atoms with van der Waals surface area (Å²) < 4.78 is 12.0. The number of ether oxygens (including phenoxy) is 1. The van der Waals surface area contributed by atoms with Crippen LogP contribution in [0, 0.1) is 17.8 Å². The lowest BCUT2D eigenvalue weighted by molar-refractivity contribution is -0.136. The predicted molar refractivity (Wildman–Crippen MR) is 135 cm³/mol. The van der Waals surface area contributed by atoms with Crippen molar-refractivity contribution in [3.63, 3.8) is 0 Å². The average molecular weight is 470 g/mol. The van der Waals surface area contributed by atoms with Crippen LogP contribution in [0.4, 0.5) is 0 Å². The molecule has 0 unspecified atom stereocenters. The Morgan fingerprint density at radius 3 is 2.66 bits per heavy atom. The van der Waals surface area contributed by atoms with Gasteiger partial charge >= 0.3 is 5.97 Å². The van der Waals surface area contributed by atoms with Crippen molar-refractivity contribution < 1.29 is 24.5 Å². The summed E-state index contributed by atoms with van der Waals surface area (Å²) in [5.74, 6) is 6.81. The zero-order valence-electron chi connectivity index (χ0n) is 19.2. The van der Waals surface area contributed by atoms with Crippen LogP contribution in [0.5, 0.6) is 5.75 Å². The lowest BCUT2D eigenvalue weighted by Crippen LogP contribution is -2.04. The molecule has 6 nitrogen and oxygen atoms in total. The van der Waals surface area contributed by atoms with Crippen molar-refractivity contribution in [2.45, 2.75) is 32.4 Å². The molecule has 1 aliphatic carbocycles. The summed E-state index contributed by atoms with van der Waals surface area (Å²) in [5, 5.41) is 10.1. The number of carboxylic acids is 1. The minimum atomic E-state index is -0.895. The zero-order chi connectivity index (χ0) is 23.5. The molecule has 0 spiro atoms. The number of rotatable bonds is 7. The van der Waals surface area contributed by atoms with Crippen LogP contribution in [-0.2, 0) is 24.4 Å². The van der Waals surface area contributed by atoms with Gasteiger partial charge in [0.2, 0.25) is 0 Å². The van der Waals surface area contributed by atoms with Gasteiger partial charge in [-0.15, -0.1) is 0 Å². The van der Waals surface area contributed by atoms with Gasteiger partial charge in [-0.05, 0) is 53.8 Å². The Hall–Kier alpha value is -4.05. The third-order valence-electron chi connectivity index (χ3n) is 5.94. The van der Waals surface area contributed by atoms with E-state index in [2.05, 4.69) is 36.1 Å². The Labute approximate surface area is 203 Å². The molecule has 0 bridgehead atoms. The predicted octanol–water partition coefficient (Wildman–Crippen LogP) is 4.70. The second kappa shape index (κ2) is 10.5. The zero-order valence-corrected chi connectivity index (χ0v) is 19.2. The van der Waals surface area contributed by atoms with Crippen LogP contribution in [0.3, 0.4) is 0 Å². The number of fused-ring (bicyclic) bond motifs is 1. The fourth-order valence-electron chi connectivity index (χ4n) is 3.95. The molecule has 0 amide bonds. The molecule has 1 fully saturated rings. The summed E-state index contributed by atoms with van der Waals surface area (Å²) in [4.78, 5) is 11.2. The number of aliphatic carboxylic acids is 1. The van der Waals surface area contributed by atoms with E-state index in [-0.39, 0.29) is 18.5 Å². The minimum Gasteiger partial charge on any atom is -0.488 e. The van der Waals surface area contributed by atoms with Crippen LogP contribution in [0.2, 0.25) is 0 Å². The smallest absolute Gasteiger partial charge is 0.307 e. The molecule has 1 saturated carbocycles. The summed E-state index contributed by atoms with van der Waals surface area (Å²) in [7, 11) is 0. The van der Waals surface area contributed by atoms with E-state index in [1.807, 2.05) is 24.3 Å². The standard InChI is InChI=1S/C29H25NO4.H2O/c30-16-20-4-3-6-21(12-20)24-13-23(11-10-19-8-9-19)29-26(14-24)25(18-34-29)17-33-27-7-2-1-5-22(27)15-28(31)32;/h1-7,12-14,18-19H,8-9,15-17,30H2,(H,31,32);1H2. The summed E-state index contributed by atoms with van der Waals surface area (Å²) in [6.45, 7) is 0.733. The van der Waals surface area contributed by atoms with Crippen molar-refractivity contribution in [2.24, 2.45) is 11.7 Å². The third kappa shape index (κ3) is 5.55. The van der Waals surface area contributed by atoms with Crippen molar-refractivity contribution in [2.75, 3.05) is 0 Å². The van der Waals surface area contributed by atoms with Gasteiger partial charge in [0.25, 0.3) is 0 Å². The highest BCUT2D eigenvalue weighted by Gasteiger charge is 2.19. The Balaban J connectivity index is 0.00000289. The fraction of sp³-hybridized carbons (Fsp3) is 0.207. The Kier molecular flexibility index (Phi) is 7.21. The number of para-hydroxylation sites is 1. The number of benzene rings is 3. The molecular formula is C29H27NO5. The number of hydrogen-bond acceptors (Lipinski definition) is 4. The molecule has 5 rings (SSSR count). The Morgan fingerprint density at radius 2 is 1.89 bits per heavy atom. The van der Waals surface area contributed by atoms with E-state index in [1.165, 1.54) is 0 Å². The van der Waals surface area contributed by atoms with Crippen molar-refractivity contribution in [1.82, 2.24) is 0 Å². The van der Waals surface area contributed by atoms with E-state index in [4.69, 9.17) is 14.9 Å². The van der Waals surface area contributed by atoms with Gasteiger partial charge in [0.1, 0.15) is 17.9 Å². The van der Waals surface area contributed by atoms with E-state index < -0.39 is 5.97 Å². The highest BCUT2D eigenvalue weighted by atomic mass is 16.5. The number of furan rings is 1. The van der Waals surface area contributed by atoms with Crippen molar-refractivity contribution in [3.8, 4) is 28.7 Å². The van der Waals surface area contributed by atoms with Crippen LogP contribution >= 0.6 is 0 Å². The van der Waals surface area contributed by atoms with Gasteiger partial charge < -0.3 is 25.5 Å². The van der Waals surface area contributed by atoms with Gasteiger partial charge in [0.15, 0.2) is 0 Å². The van der Waals surface area contributed by atoms with Crippen LogP contribution in [0.25, 0.3) is 22.1 Å². The molecular weight excluding hydrogens is 442 g/mol. The van der Waals surface area contributed by atoms with Crippen molar-refractivity contribution >= 4 is 16.9 Å². The first kappa shape index (κ1) is 24.1. The molecule has 3 aromatic carbocycles. The second-order valence-corrected chi connectivity index (χ2v) is 8.58. The first-order valence-electron chi connectivity index (χ1n) is 11.4. The summed E-state index contributed by atoms with van der Waals surface area (Å²) >= 11 is 0. The average Bonchev–Trinajstić information content (AvgIpc) is 3.59. The SMILES string of the molecule is NCc1cccc(-c2cc(C#CC3CC3)c3occ(COc4ccccc4CC(=O)O)c3c2)c1.O. The lowest BCUT2D eigenvalue weighted by Gasteiger charge is -2.10. The second-order valence-electron chi connectivity index (χ2n) is 8.58. The van der Waals surface area contributed by atoms with Gasteiger partial charge in [-0.1, -0.05) is 48.2 Å². The third-order valence-corrected chi connectivity index (χ3v) is 5.94. The topological polar surface area (TPSA) is 117 Å². The molecule has 6 heteroatoms. The van der Waals surface area contributed by atoms with Gasteiger partial charge in [-0.2, -0.15) is 0 Å². The largest absolute Gasteiger partial charge is 0.488 e. The summed E-state index contributed by atoms with van der Waals surface area (Å²) in [6, 6.07) is 19.6. The molecule has 4 aromatic rings. The first-order chi connectivity index (χ1) is 16.6. The molecule has 5 N–H and O–H groups in total. The monoisotopic (exact) mass is 469 g/mol. The van der Waals surface area contributed by atoms with E-state index in [9.17, 15) is 9.90 Å². The maximum Gasteiger partial charge on any atom is 0.307 e. The maximum atomic E-state index is 11.2. The molecule has 1 aliphatic rings. The van der Waals surface area contributed by atoms with E-state index >= 15 is 0 Å². The van der Waals surface area contributed by atoms with Crippen molar-refractivity contribution in [1.29, 1.82) is 0 Å². The van der Waals surface area contributed by atoms with Crippen LogP contribution in [0.1, 0.15) is 35.1 Å². The number of nitrogens with two attached hydrogens (primary N) is 1. The number of carboxylic acid groups (broad SMARTS) is 1. The fourth-order valence-corrected chi connectivity index (χ4v) is 3.95. The van der Waals surface area contributed by atoms with Gasteiger partial charge in [-0.3, -0.25) is 4.79 Å².